The first-order chi connectivity index (χ1) is 11.1. The Labute approximate surface area is 134 Å². The van der Waals surface area contributed by atoms with E-state index in [0.29, 0.717) is 22.8 Å². The third kappa shape index (κ3) is 3.13. The quantitative estimate of drug-likeness (QED) is 0.758. The lowest BCUT2D eigenvalue weighted by Gasteiger charge is -2.10. The van der Waals surface area contributed by atoms with Crippen molar-refractivity contribution in [2.24, 2.45) is 0 Å². The minimum atomic E-state index is 0.0962. The molecule has 5 nitrogen and oxygen atoms in total. The van der Waals surface area contributed by atoms with Crippen LogP contribution in [0.3, 0.4) is 0 Å². The molecule has 1 aromatic heterocycles. The SMILES string of the molecule is COc1ccc(-c2[nH]ncc2Oc2cc(C)cc(C)c2)c(O)c1. The van der Waals surface area contributed by atoms with Gasteiger partial charge in [0, 0.05) is 11.6 Å². The Bertz CT molecular complexity index is 820. The molecule has 2 N–H and O–H groups in total. The van der Waals surface area contributed by atoms with Crippen LogP contribution in [0.1, 0.15) is 11.1 Å². The number of aryl methyl sites for hydroxylation is 2. The summed E-state index contributed by atoms with van der Waals surface area (Å²) in [4.78, 5) is 0. The maximum absolute atomic E-state index is 10.2. The molecule has 0 fully saturated rings. The molecule has 0 radical (unpaired) electrons. The Balaban J connectivity index is 1.96. The number of phenolic OH excluding ortho intramolecular Hbond substituents is 1. The fraction of sp³-hybridized carbons (Fsp3) is 0.167. The highest BCUT2D eigenvalue weighted by molar-refractivity contribution is 5.73. The largest absolute Gasteiger partial charge is 0.507 e. The van der Waals surface area contributed by atoms with Crippen molar-refractivity contribution in [3.8, 4) is 34.3 Å². The summed E-state index contributed by atoms with van der Waals surface area (Å²) >= 11 is 0. The first-order valence-electron chi connectivity index (χ1n) is 7.23. The standard InChI is InChI=1S/C18H18N2O3/c1-11-6-12(2)8-14(7-11)23-17-10-19-20-18(17)15-5-4-13(22-3)9-16(15)21/h4-10,21H,1-3H3,(H,19,20). The van der Waals surface area contributed by atoms with E-state index >= 15 is 0 Å². The van der Waals surface area contributed by atoms with Gasteiger partial charge in [-0.3, -0.25) is 5.10 Å². The van der Waals surface area contributed by atoms with Crippen LogP contribution in [0.2, 0.25) is 0 Å². The van der Waals surface area contributed by atoms with E-state index in [0.717, 1.165) is 16.9 Å². The third-order valence-corrected chi connectivity index (χ3v) is 3.50. The number of hydrogen-bond acceptors (Lipinski definition) is 4. The predicted octanol–water partition coefficient (Wildman–Crippen LogP) is 4.20. The Morgan fingerprint density at radius 2 is 1.74 bits per heavy atom. The minimum absolute atomic E-state index is 0.0962. The van der Waals surface area contributed by atoms with Crippen molar-refractivity contribution in [2.45, 2.75) is 13.8 Å². The number of hydrogen-bond donors (Lipinski definition) is 2. The van der Waals surface area contributed by atoms with Crippen LogP contribution in [-0.4, -0.2) is 22.4 Å². The van der Waals surface area contributed by atoms with Gasteiger partial charge in [-0.15, -0.1) is 0 Å². The molecular formula is C18H18N2O3. The van der Waals surface area contributed by atoms with Crippen molar-refractivity contribution in [1.82, 2.24) is 10.2 Å². The molecule has 0 aliphatic rings. The number of ether oxygens (including phenoxy) is 2. The molecular weight excluding hydrogens is 292 g/mol. The number of rotatable bonds is 4. The van der Waals surface area contributed by atoms with Crippen LogP contribution in [0.4, 0.5) is 0 Å². The summed E-state index contributed by atoms with van der Waals surface area (Å²) in [5, 5.41) is 17.1. The lowest BCUT2D eigenvalue weighted by molar-refractivity contribution is 0.408. The zero-order valence-corrected chi connectivity index (χ0v) is 13.3. The van der Waals surface area contributed by atoms with E-state index in [4.69, 9.17) is 9.47 Å². The van der Waals surface area contributed by atoms with E-state index in [-0.39, 0.29) is 5.75 Å². The van der Waals surface area contributed by atoms with E-state index in [1.54, 1.807) is 31.5 Å². The van der Waals surface area contributed by atoms with Crippen LogP contribution in [0.5, 0.6) is 23.0 Å². The summed E-state index contributed by atoms with van der Waals surface area (Å²) in [6.07, 6.45) is 1.59. The summed E-state index contributed by atoms with van der Waals surface area (Å²) in [5.74, 6) is 1.97. The summed E-state index contributed by atoms with van der Waals surface area (Å²) in [6, 6.07) is 11.1. The molecule has 0 atom stereocenters. The second-order valence-corrected chi connectivity index (χ2v) is 5.42. The number of nitrogens with one attached hydrogen (secondary N) is 1. The van der Waals surface area contributed by atoms with Gasteiger partial charge >= 0.3 is 0 Å². The van der Waals surface area contributed by atoms with E-state index in [2.05, 4.69) is 16.3 Å². The highest BCUT2D eigenvalue weighted by Gasteiger charge is 2.14. The van der Waals surface area contributed by atoms with Crippen molar-refractivity contribution >= 4 is 0 Å². The van der Waals surface area contributed by atoms with Gasteiger partial charge in [0.25, 0.3) is 0 Å². The molecule has 0 spiro atoms. The molecule has 0 unspecified atom stereocenters. The molecule has 23 heavy (non-hydrogen) atoms. The Morgan fingerprint density at radius 1 is 1.00 bits per heavy atom. The number of phenols is 1. The van der Waals surface area contributed by atoms with Crippen molar-refractivity contribution in [3.05, 3.63) is 53.7 Å². The molecule has 0 amide bonds. The summed E-state index contributed by atoms with van der Waals surface area (Å²) in [6.45, 7) is 4.04. The molecule has 0 aliphatic carbocycles. The fourth-order valence-electron chi connectivity index (χ4n) is 2.51. The highest BCUT2D eigenvalue weighted by Crippen LogP contribution is 2.38. The molecule has 2 aromatic carbocycles. The van der Waals surface area contributed by atoms with Gasteiger partial charge in [-0.1, -0.05) is 6.07 Å². The number of aromatic nitrogens is 2. The lowest BCUT2D eigenvalue weighted by Crippen LogP contribution is -1.89. The molecule has 0 saturated heterocycles. The number of H-pyrrole nitrogens is 1. The van der Waals surface area contributed by atoms with Gasteiger partial charge in [0.1, 0.15) is 22.9 Å². The normalized spacial score (nSPS) is 10.6. The summed E-state index contributed by atoms with van der Waals surface area (Å²) < 4.78 is 11.0. The minimum Gasteiger partial charge on any atom is -0.507 e. The van der Waals surface area contributed by atoms with Crippen molar-refractivity contribution < 1.29 is 14.6 Å². The number of aromatic hydroxyl groups is 1. The van der Waals surface area contributed by atoms with Gasteiger partial charge in [0.15, 0.2) is 5.75 Å². The molecule has 0 bridgehead atoms. The lowest BCUT2D eigenvalue weighted by atomic mass is 10.1. The zero-order valence-electron chi connectivity index (χ0n) is 13.3. The summed E-state index contributed by atoms with van der Waals surface area (Å²) in [5.41, 5.74) is 3.46. The predicted molar refractivity (Wildman–Crippen MR) is 88.2 cm³/mol. The van der Waals surface area contributed by atoms with Crippen molar-refractivity contribution in [2.75, 3.05) is 7.11 Å². The molecule has 118 valence electrons. The van der Waals surface area contributed by atoms with E-state index in [9.17, 15) is 5.11 Å². The van der Waals surface area contributed by atoms with Crippen LogP contribution >= 0.6 is 0 Å². The van der Waals surface area contributed by atoms with Gasteiger partial charge in [-0.2, -0.15) is 5.10 Å². The van der Waals surface area contributed by atoms with Gasteiger partial charge in [-0.05, 0) is 49.2 Å². The number of aromatic amines is 1. The molecule has 3 rings (SSSR count). The van der Waals surface area contributed by atoms with Gasteiger partial charge in [0.05, 0.1) is 13.3 Å². The average Bonchev–Trinajstić information content (AvgIpc) is 2.94. The Morgan fingerprint density at radius 3 is 2.39 bits per heavy atom. The van der Waals surface area contributed by atoms with Crippen molar-refractivity contribution in [1.29, 1.82) is 0 Å². The topological polar surface area (TPSA) is 67.4 Å². The van der Waals surface area contributed by atoms with E-state index in [1.807, 2.05) is 26.0 Å². The summed E-state index contributed by atoms with van der Waals surface area (Å²) in [7, 11) is 1.55. The first-order valence-corrected chi connectivity index (χ1v) is 7.23. The number of methoxy groups -OCH3 is 1. The Hall–Kier alpha value is -2.95. The third-order valence-electron chi connectivity index (χ3n) is 3.50. The smallest absolute Gasteiger partial charge is 0.173 e. The fourth-order valence-corrected chi connectivity index (χ4v) is 2.51. The molecule has 1 heterocycles. The van der Waals surface area contributed by atoms with Crippen LogP contribution in [0.15, 0.2) is 42.6 Å². The van der Waals surface area contributed by atoms with E-state index < -0.39 is 0 Å². The average molecular weight is 310 g/mol. The van der Waals surface area contributed by atoms with Gasteiger partial charge in [-0.25, -0.2) is 0 Å². The maximum atomic E-state index is 10.2. The molecule has 0 saturated carbocycles. The zero-order chi connectivity index (χ0) is 16.4. The maximum Gasteiger partial charge on any atom is 0.173 e. The van der Waals surface area contributed by atoms with Gasteiger partial charge in [0.2, 0.25) is 0 Å². The molecule has 0 aliphatic heterocycles. The second-order valence-electron chi connectivity index (χ2n) is 5.42. The van der Waals surface area contributed by atoms with E-state index in [1.165, 1.54) is 0 Å². The first kappa shape index (κ1) is 15.0. The van der Waals surface area contributed by atoms with Crippen LogP contribution in [-0.2, 0) is 0 Å². The molecule has 3 aromatic rings. The molecule has 5 heteroatoms. The van der Waals surface area contributed by atoms with Crippen LogP contribution < -0.4 is 9.47 Å². The van der Waals surface area contributed by atoms with Crippen molar-refractivity contribution in [3.63, 3.8) is 0 Å². The van der Waals surface area contributed by atoms with Crippen LogP contribution in [0.25, 0.3) is 11.3 Å². The monoisotopic (exact) mass is 310 g/mol. The second kappa shape index (κ2) is 6.04. The number of benzene rings is 2. The van der Waals surface area contributed by atoms with Crippen LogP contribution in [0, 0.1) is 13.8 Å². The highest BCUT2D eigenvalue weighted by atomic mass is 16.5. The Kier molecular flexibility index (Phi) is 3.93. The van der Waals surface area contributed by atoms with Gasteiger partial charge < -0.3 is 14.6 Å². The number of nitrogens with zero attached hydrogens (tertiary/aromatic N) is 1.